The molecule has 1 aliphatic heterocycles. The third kappa shape index (κ3) is 1.61. The van der Waals surface area contributed by atoms with Crippen LogP contribution in [0.3, 0.4) is 0 Å². The molecule has 2 aromatic carbocycles. The Bertz CT molecular complexity index is 538. The van der Waals surface area contributed by atoms with E-state index in [-0.39, 0.29) is 0 Å². The van der Waals surface area contributed by atoms with E-state index in [4.69, 9.17) is 0 Å². The second-order valence-electron chi connectivity index (χ2n) is 4.71. The summed E-state index contributed by atoms with van der Waals surface area (Å²) in [4.78, 5) is 0. The van der Waals surface area contributed by atoms with E-state index in [0.29, 0.717) is 0 Å². The zero-order valence-electron chi connectivity index (χ0n) is 9.99. The molecule has 0 saturated heterocycles. The van der Waals surface area contributed by atoms with Crippen LogP contribution in [0.25, 0.3) is 0 Å². The molecule has 3 rings (SSSR count). The third-order valence-electron chi connectivity index (χ3n) is 3.27. The maximum atomic E-state index is 10.4. The first kappa shape index (κ1) is 10.4. The van der Waals surface area contributed by atoms with E-state index in [1.54, 1.807) is 0 Å². The summed E-state index contributed by atoms with van der Waals surface area (Å²) in [6.45, 7) is 4.08. The molecule has 0 atom stereocenters. The average Bonchev–Trinajstić information content (AvgIpc) is 2.32. The fourth-order valence-corrected chi connectivity index (χ4v) is 2.36. The second kappa shape index (κ2) is 3.60. The molecule has 1 aliphatic rings. The quantitative estimate of drug-likeness (QED) is 0.719. The van der Waals surface area contributed by atoms with Crippen LogP contribution < -0.4 is 5.32 Å². The van der Waals surface area contributed by atoms with E-state index in [9.17, 15) is 5.11 Å². The van der Waals surface area contributed by atoms with Gasteiger partial charge in [0.15, 0.2) is 0 Å². The van der Waals surface area contributed by atoms with E-state index in [1.807, 2.05) is 38.1 Å². The molecule has 2 nitrogen and oxygen atoms in total. The van der Waals surface area contributed by atoms with E-state index < -0.39 is 6.10 Å². The Balaban J connectivity index is 2.18. The van der Waals surface area contributed by atoms with Gasteiger partial charge in [-0.25, -0.2) is 0 Å². The van der Waals surface area contributed by atoms with E-state index >= 15 is 0 Å². The van der Waals surface area contributed by atoms with E-state index in [0.717, 1.165) is 22.5 Å². The molecule has 0 amide bonds. The zero-order chi connectivity index (χ0) is 12.0. The lowest BCUT2D eigenvalue weighted by molar-refractivity contribution is 0.220. The summed E-state index contributed by atoms with van der Waals surface area (Å²) in [6, 6.07) is 12.2. The summed E-state index contributed by atoms with van der Waals surface area (Å²) < 4.78 is 0. The highest BCUT2D eigenvalue weighted by Crippen LogP contribution is 2.40. The topological polar surface area (TPSA) is 32.3 Å². The Morgan fingerprint density at radius 3 is 1.82 bits per heavy atom. The van der Waals surface area contributed by atoms with Gasteiger partial charge in [-0.3, -0.25) is 0 Å². The lowest BCUT2D eigenvalue weighted by atomic mass is 9.92. The van der Waals surface area contributed by atoms with Gasteiger partial charge in [0.2, 0.25) is 0 Å². The van der Waals surface area contributed by atoms with Gasteiger partial charge >= 0.3 is 0 Å². The van der Waals surface area contributed by atoms with Gasteiger partial charge in [-0.15, -0.1) is 0 Å². The van der Waals surface area contributed by atoms with E-state index in [2.05, 4.69) is 17.4 Å². The molecule has 0 radical (unpaired) electrons. The normalized spacial score (nSPS) is 13.8. The number of hydrogen-bond donors (Lipinski definition) is 2. The Labute approximate surface area is 101 Å². The standard InChI is InChI=1S/C15H15NO/c1-9-3-5-13-11(7-9)15(17)12-8-10(2)4-6-14(12)16-13/h3-8,15-17H,1-2H3. The van der Waals surface area contributed by atoms with Crippen molar-refractivity contribution >= 4 is 11.4 Å². The Hall–Kier alpha value is -1.80. The van der Waals surface area contributed by atoms with Crippen molar-refractivity contribution in [3.63, 3.8) is 0 Å². The van der Waals surface area contributed by atoms with Crippen LogP contribution in [0.4, 0.5) is 11.4 Å². The van der Waals surface area contributed by atoms with Crippen LogP contribution in [0.5, 0.6) is 0 Å². The van der Waals surface area contributed by atoms with Crippen LogP contribution in [0.2, 0.25) is 0 Å². The zero-order valence-corrected chi connectivity index (χ0v) is 9.99. The van der Waals surface area contributed by atoms with Gasteiger partial charge in [-0.05, 0) is 26.0 Å². The van der Waals surface area contributed by atoms with Crippen molar-refractivity contribution in [2.24, 2.45) is 0 Å². The predicted molar refractivity (Wildman–Crippen MR) is 69.7 cm³/mol. The number of fused-ring (bicyclic) bond motifs is 2. The van der Waals surface area contributed by atoms with Crippen LogP contribution in [-0.2, 0) is 0 Å². The maximum absolute atomic E-state index is 10.4. The molecule has 2 heteroatoms. The summed E-state index contributed by atoms with van der Waals surface area (Å²) in [7, 11) is 0. The first-order valence-corrected chi connectivity index (χ1v) is 5.81. The van der Waals surface area contributed by atoms with Crippen LogP contribution in [0.1, 0.15) is 28.4 Å². The first-order valence-electron chi connectivity index (χ1n) is 5.81. The fourth-order valence-electron chi connectivity index (χ4n) is 2.36. The highest BCUT2D eigenvalue weighted by molar-refractivity contribution is 5.73. The number of aliphatic hydroxyl groups excluding tert-OH is 1. The molecule has 2 aromatic rings. The van der Waals surface area contributed by atoms with Crippen molar-refractivity contribution in [3.05, 3.63) is 58.7 Å². The Kier molecular flexibility index (Phi) is 2.20. The van der Waals surface area contributed by atoms with Crippen LogP contribution in [0.15, 0.2) is 36.4 Å². The Morgan fingerprint density at radius 1 is 0.882 bits per heavy atom. The fraction of sp³-hybridized carbons (Fsp3) is 0.200. The number of rotatable bonds is 0. The minimum absolute atomic E-state index is 0.527. The van der Waals surface area contributed by atoms with Crippen LogP contribution >= 0.6 is 0 Å². The molecule has 17 heavy (non-hydrogen) atoms. The molecule has 0 aromatic heterocycles. The van der Waals surface area contributed by atoms with Gasteiger partial charge < -0.3 is 10.4 Å². The lowest BCUT2D eigenvalue weighted by Crippen LogP contribution is -2.12. The van der Waals surface area contributed by atoms with Gasteiger partial charge in [0.25, 0.3) is 0 Å². The monoisotopic (exact) mass is 225 g/mol. The lowest BCUT2D eigenvalue weighted by Gasteiger charge is -2.26. The van der Waals surface area contributed by atoms with Gasteiger partial charge in [0, 0.05) is 22.5 Å². The van der Waals surface area contributed by atoms with Crippen molar-refractivity contribution in [2.75, 3.05) is 5.32 Å². The van der Waals surface area contributed by atoms with Gasteiger partial charge in [-0.2, -0.15) is 0 Å². The average molecular weight is 225 g/mol. The molecule has 0 saturated carbocycles. The molecule has 2 N–H and O–H groups in total. The number of anilines is 2. The highest BCUT2D eigenvalue weighted by atomic mass is 16.3. The number of aryl methyl sites for hydroxylation is 2. The predicted octanol–water partition coefficient (Wildman–Crippen LogP) is 3.44. The highest BCUT2D eigenvalue weighted by Gasteiger charge is 2.23. The molecule has 0 bridgehead atoms. The SMILES string of the molecule is Cc1ccc2c(c1)C(O)c1cc(C)ccc1N2. The van der Waals surface area contributed by atoms with Gasteiger partial charge in [0.05, 0.1) is 0 Å². The largest absolute Gasteiger partial charge is 0.383 e. The summed E-state index contributed by atoms with van der Waals surface area (Å²) in [5.41, 5.74) is 6.26. The number of aliphatic hydroxyl groups is 1. The summed E-state index contributed by atoms with van der Waals surface area (Å²) in [6.07, 6.45) is -0.527. The van der Waals surface area contributed by atoms with Crippen molar-refractivity contribution in [1.29, 1.82) is 0 Å². The van der Waals surface area contributed by atoms with E-state index in [1.165, 1.54) is 11.1 Å². The van der Waals surface area contributed by atoms with Crippen molar-refractivity contribution in [1.82, 2.24) is 0 Å². The van der Waals surface area contributed by atoms with Gasteiger partial charge in [-0.1, -0.05) is 35.4 Å². The third-order valence-corrected chi connectivity index (χ3v) is 3.27. The molecule has 0 unspecified atom stereocenters. The molecule has 0 aliphatic carbocycles. The second-order valence-corrected chi connectivity index (χ2v) is 4.71. The number of benzene rings is 2. The Morgan fingerprint density at radius 2 is 1.35 bits per heavy atom. The van der Waals surface area contributed by atoms with Crippen LogP contribution in [0, 0.1) is 13.8 Å². The molecule has 0 fully saturated rings. The van der Waals surface area contributed by atoms with Crippen LogP contribution in [-0.4, -0.2) is 5.11 Å². The summed E-state index contributed by atoms with van der Waals surface area (Å²) in [5, 5.41) is 13.8. The minimum atomic E-state index is -0.527. The summed E-state index contributed by atoms with van der Waals surface area (Å²) >= 11 is 0. The smallest absolute Gasteiger partial charge is 0.108 e. The number of nitrogens with one attached hydrogen (secondary N) is 1. The van der Waals surface area contributed by atoms with Crippen molar-refractivity contribution in [3.8, 4) is 0 Å². The molecule has 1 heterocycles. The van der Waals surface area contributed by atoms with Gasteiger partial charge in [0.1, 0.15) is 6.10 Å². The molecule has 86 valence electrons. The summed E-state index contributed by atoms with van der Waals surface area (Å²) in [5.74, 6) is 0. The maximum Gasteiger partial charge on any atom is 0.108 e. The minimum Gasteiger partial charge on any atom is -0.383 e. The molecular formula is C15H15NO. The molecule has 0 spiro atoms. The van der Waals surface area contributed by atoms with Crippen molar-refractivity contribution < 1.29 is 5.11 Å². The first-order chi connectivity index (χ1) is 8.15. The number of hydrogen-bond acceptors (Lipinski definition) is 2. The molecular weight excluding hydrogens is 210 g/mol. The van der Waals surface area contributed by atoms with Crippen molar-refractivity contribution in [2.45, 2.75) is 20.0 Å².